The molecule has 1 aromatic rings. The lowest BCUT2D eigenvalue weighted by Gasteiger charge is -2.15. The van der Waals surface area contributed by atoms with Crippen LogP contribution in [0.3, 0.4) is 0 Å². The van der Waals surface area contributed by atoms with Crippen LogP contribution in [0, 0.1) is 0 Å². The first-order valence-corrected chi connectivity index (χ1v) is 5.12. The number of rotatable bonds is 5. The van der Waals surface area contributed by atoms with Gasteiger partial charge in [0.15, 0.2) is 6.10 Å². The molecule has 0 N–H and O–H groups in total. The highest BCUT2D eigenvalue weighted by molar-refractivity contribution is 5.76. The standard InChI is InChI=1S/C12H16O3/c1-3-14-11(12(13)15-4-2)10-8-6-5-7-9-10/h5-9,11H,3-4H2,1-2H3/t11-/m1/s1. The van der Waals surface area contributed by atoms with Gasteiger partial charge in [0.2, 0.25) is 0 Å². The molecule has 0 saturated heterocycles. The van der Waals surface area contributed by atoms with Crippen molar-refractivity contribution in [3.8, 4) is 0 Å². The van der Waals surface area contributed by atoms with Crippen molar-refractivity contribution in [2.75, 3.05) is 13.2 Å². The Kier molecular flexibility index (Phi) is 4.84. The summed E-state index contributed by atoms with van der Waals surface area (Å²) in [5, 5.41) is 0. The molecule has 3 heteroatoms. The Bertz CT molecular complexity index is 295. The van der Waals surface area contributed by atoms with Crippen LogP contribution in [0.25, 0.3) is 0 Å². The van der Waals surface area contributed by atoms with Crippen molar-refractivity contribution < 1.29 is 14.3 Å². The van der Waals surface area contributed by atoms with Gasteiger partial charge in [0.25, 0.3) is 0 Å². The number of hydrogen-bond acceptors (Lipinski definition) is 3. The highest BCUT2D eigenvalue weighted by Gasteiger charge is 2.21. The summed E-state index contributed by atoms with van der Waals surface area (Å²) in [6, 6.07) is 9.37. The van der Waals surface area contributed by atoms with Crippen LogP contribution in [0.2, 0.25) is 0 Å². The van der Waals surface area contributed by atoms with Crippen molar-refractivity contribution in [3.63, 3.8) is 0 Å². The fraction of sp³-hybridized carbons (Fsp3) is 0.417. The van der Waals surface area contributed by atoms with Gasteiger partial charge in [-0.05, 0) is 19.4 Å². The maximum Gasteiger partial charge on any atom is 0.339 e. The number of carbonyl (C=O) groups is 1. The highest BCUT2D eigenvalue weighted by Crippen LogP contribution is 2.18. The van der Waals surface area contributed by atoms with Gasteiger partial charge < -0.3 is 9.47 Å². The van der Waals surface area contributed by atoms with E-state index in [1.165, 1.54) is 0 Å². The molecule has 0 aromatic heterocycles. The van der Waals surface area contributed by atoms with Crippen LogP contribution in [0.5, 0.6) is 0 Å². The van der Waals surface area contributed by atoms with Crippen molar-refractivity contribution in [1.82, 2.24) is 0 Å². The van der Waals surface area contributed by atoms with Crippen molar-refractivity contribution in [2.24, 2.45) is 0 Å². The summed E-state index contributed by atoms with van der Waals surface area (Å²) in [6.07, 6.45) is -0.601. The third-order valence-electron chi connectivity index (χ3n) is 1.94. The van der Waals surface area contributed by atoms with Crippen molar-refractivity contribution >= 4 is 5.97 Å². The molecule has 0 heterocycles. The van der Waals surface area contributed by atoms with E-state index in [9.17, 15) is 4.79 Å². The molecular weight excluding hydrogens is 192 g/mol. The minimum absolute atomic E-state index is 0.328. The Morgan fingerprint density at radius 3 is 2.40 bits per heavy atom. The summed E-state index contributed by atoms with van der Waals surface area (Å²) >= 11 is 0. The largest absolute Gasteiger partial charge is 0.464 e. The van der Waals surface area contributed by atoms with Crippen LogP contribution in [0.15, 0.2) is 30.3 Å². The summed E-state index contributed by atoms with van der Waals surface area (Å²) < 4.78 is 10.3. The summed E-state index contributed by atoms with van der Waals surface area (Å²) in [5.74, 6) is -0.328. The number of benzene rings is 1. The molecule has 1 rings (SSSR count). The molecule has 3 nitrogen and oxygen atoms in total. The molecular formula is C12H16O3. The van der Waals surface area contributed by atoms with Crippen molar-refractivity contribution in [2.45, 2.75) is 20.0 Å². The van der Waals surface area contributed by atoms with Gasteiger partial charge >= 0.3 is 5.97 Å². The summed E-state index contributed by atoms with van der Waals surface area (Å²) in [4.78, 5) is 11.6. The first-order chi connectivity index (χ1) is 7.29. The zero-order valence-corrected chi connectivity index (χ0v) is 9.10. The topological polar surface area (TPSA) is 35.5 Å². The normalized spacial score (nSPS) is 12.1. The summed E-state index contributed by atoms with van der Waals surface area (Å²) in [6.45, 7) is 4.49. The molecule has 0 aliphatic carbocycles. The van der Waals surface area contributed by atoms with Crippen LogP contribution < -0.4 is 0 Å². The first kappa shape index (κ1) is 11.7. The van der Waals surface area contributed by atoms with Crippen LogP contribution in [-0.4, -0.2) is 19.2 Å². The van der Waals surface area contributed by atoms with E-state index in [1.807, 2.05) is 37.3 Å². The van der Waals surface area contributed by atoms with Gasteiger partial charge in [0.1, 0.15) is 0 Å². The van der Waals surface area contributed by atoms with Gasteiger partial charge in [-0.15, -0.1) is 0 Å². The minimum atomic E-state index is -0.601. The van der Waals surface area contributed by atoms with E-state index in [1.54, 1.807) is 6.92 Å². The monoisotopic (exact) mass is 208 g/mol. The molecule has 0 fully saturated rings. The van der Waals surface area contributed by atoms with E-state index in [0.29, 0.717) is 13.2 Å². The maximum absolute atomic E-state index is 11.6. The molecule has 0 radical (unpaired) electrons. The average molecular weight is 208 g/mol. The van der Waals surface area contributed by atoms with Crippen LogP contribution >= 0.6 is 0 Å². The SMILES string of the molecule is CCOC(=O)[C@H](OCC)c1ccccc1. The Balaban J connectivity index is 2.78. The number of esters is 1. The minimum Gasteiger partial charge on any atom is -0.464 e. The second kappa shape index (κ2) is 6.19. The van der Waals surface area contributed by atoms with Crippen LogP contribution in [-0.2, 0) is 14.3 Å². The van der Waals surface area contributed by atoms with Crippen LogP contribution in [0.1, 0.15) is 25.5 Å². The molecule has 1 atom stereocenters. The zero-order valence-electron chi connectivity index (χ0n) is 9.10. The molecule has 15 heavy (non-hydrogen) atoms. The molecule has 0 amide bonds. The Hall–Kier alpha value is -1.35. The Labute approximate surface area is 90.0 Å². The number of carbonyl (C=O) groups excluding carboxylic acids is 1. The molecule has 0 aliphatic rings. The average Bonchev–Trinajstić information content (AvgIpc) is 2.27. The predicted octanol–water partition coefficient (Wildman–Crippen LogP) is 2.33. The quantitative estimate of drug-likeness (QED) is 0.697. The first-order valence-electron chi connectivity index (χ1n) is 5.12. The molecule has 0 saturated carbocycles. The molecule has 0 unspecified atom stereocenters. The van der Waals surface area contributed by atoms with Gasteiger partial charge in [0, 0.05) is 6.61 Å². The van der Waals surface area contributed by atoms with E-state index >= 15 is 0 Å². The Morgan fingerprint density at radius 2 is 1.87 bits per heavy atom. The van der Waals surface area contributed by atoms with Crippen LogP contribution in [0.4, 0.5) is 0 Å². The highest BCUT2D eigenvalue weighted by atomic mass is 16.6. The van der Waals surface area contributed by atoms with Gasteiger partial charge in [0.05, 0.1) is 6.61 Å². The van der Waals surface area contributed by atoms with Crippen molar-refractivity contribution in [3.05, 3.63) is 35.9 Å². The fourth-order valence-electron chi connectivity index (χ4n) is 1.31. The second-order valence-corrected chi connectivity index (χ2v) is 3.00. The smallest absolute Gasteiger partial charge is 0.339 e. The van der Waals surface area contributed by atoms with E-state index in [2.05, 4.69) is 0 Å². The zero-order chi connectivity index (χ0) is 11.1. The van der Waals surface area contributed by atoms with E-state index in [-0.39, 0.29) is 5.97 Å². The summed E-state index contributed by atoms with van der Waals surface area (Å²) in [7, 11) is 0. The van der Waals surface area contributed by atoms with Gasteiger partial charge in [-0.1, -0.05) is 30.3 Å². The van der Waals surface area contributed by atoms with Gasteiger partial charge in [-0.2, -0.15) is 0 Å². The Morgan fingerprint density at radius 1 is 1.20 bits per heavy atom. The molecule has 0 bridgehead atoms. The summed E-state index contributed by atoms with van der Waals surface area (Å²) in [5.41, 5.74) is 0.831. The molecule has 1 aromatic carbocycles. The van der Waals surface area contributed by atoms with E-state index < -0.39 is 6.10 Å². The molecule has 0 spiro atoms. The van der Waals surface area contributed by atoms with Gasteiger partial charge in [-0.3, -0.25) is 0 Å². The lowest BCUT2D eigenvalue weighted by molar-refractivity contribution is -0.157. The third-order valence-corrected chi connectivity index (χ3v) is 1.94. The lowest BCUT2D eigenvalue weighted by Crippen LogP contribution is -2.18. The molecule has 0 aliphatic heterocycles. The fourth-order valence-corrected chi connectivity index (χ4v) is 1.31. The lowest BCUT2D eigenvalue weighted by atomic mass is 10.1. The molecule has 82 valence electrons. The number of ether oxygens (including phenoxy) is 2. The van der Waals surface area contributed by atoms with E-state index in [4.69, 9.17) is 9.47 Å². The second-order valence-electron chi connectivity index (χ2n) is 3.00. The van der Waals surface area contributed by atoms with Crippen molar-refractivity contribution in [1.29, 1.82) is 0 Å². The predicted molar refractivity (Wildman–Crippen MR) is 57.4 cm³/mol. The third kappa shape index (κ3) is 3.36. The maximum atomic E-state index is 11.6. The number of hydrogen-bond donors (Lipinski definition) is 0. The van der Waals surface area contributed by atoms with Gasteiger partial charge in [-0.25, -0.2) is 4.79 Å². The van der Waals surface area contributed by atoms with E-state index in [0.717, 1.165) is 5.56 Å².